The van der Waals surface area contributed by atoms with Crippen LogP contribution in [0.1, 0.15) is 133 Å². The number of allylic oxidation sites excluding steroid dienone is 4. The average molecular weight is 1020 g/mol. The zero-order valence-electron chi connectivity index (χ0n) is 44.8. The summed E-state index contributed by atoms with van der Waals surface area (Å²) >= 11 is 0. The van der Waals surface area contributed by atoms with E-state index in [9.17, 15) is 49.8 Å². The van der Waals surface area contributed by atoms with Gasteiger partial charge in [-0.3, -0.25) is 14.4 Å². The molecule has 18 heteroatoms. The first-order chi connectivity index (χ1) is 33.5. The number of nitrogens with zero attached hydrogens (tertiary/aromatic N) is 2. The van der Waals surface area contributed by atoms with Crippen LogP contribution in [0.25, 0.3) is 0 Å². The van der Waals surface area contributed by atoms with Crippen molar-refractivity contribution in [3.8, 4) is 0 Å². The Balaban J connectivity index is 1.12. The van der Waals surface area contributed by atoms with E-state index in [0.29, 0.717) is 44.2 Å². The van der Waals surface area contributed by atoms with Gasteiger partial charge in [0.25, 0.3) is 0 Å². The van der Waals surface area contributed by atoms with Crippen molar-refractivity contribution < 1.29 is 77.9 Å². The van der Waals surface area contributed by atoms with E-state index in [4.69, 9.17) is 23.7 Å². The van der Waals surface area contributed by atoms with Crippen LogP contribution >= 0.6 is 0 Å². The maximum atomic E-state index is 17.7. The second-order valence-corrected chi connectivity index (χ2v) is 23.5. The van der Waals surface area contributed by atoms with Gasteiger partial charge in [-0.15, -0.1) is 0 Å². The summed E-state index contributed by atoms with van der Waals surface area (Å²) in [5.41, 5.74) is -7.54. The van der Waals surface area contributed by atoms with Crippen molar-refractivity contribution in [3.63, 3.8) is 0 Å². The normalized spacial score (nSPS) is 46.5. The Hall–Kier alpha value is -2.91. The summed E-state index contributed by atoms with van der Waals surface area (Å²) in [6.07, 6.45) is -3.40. The summed E-state index contributed by atoms with van der Waals surface area (Å²) in [6.45, 7) is 15.6. The van der Waals surface area contributed by atoms with Crippen molar-refractivity contribution >= 4 is 23.7 Å². The molecule has 2 heterocycles. The number of unbranched alkanes of at least 4 members (excludes halogenated alkanes) is 1. The number of hydrogen-bond acceptors (Lipinski definition) is 17. The Morgan fingerprint density at radius 3 is 2.29 bits per heavy atom. The van der Waals surface area contributed by atoms with Crippen molar-refractivity contribution in [2.45, 2.75) is 217 Å². The Kier molecular flexibility index (Phi) is 18.1. The minimum absolute atomic E-state index is 0.0807. The molecule has 72 heavy (non-hydrogen) atoms. The van der Waals surface area contributed by atoms with Crippen LogP contribution < -0.4 is 0 Å². The van der Waals surface area contributed by atoms with Crippen LogP contribution in [0.15, 0.2) is 23.8 Å². The van der Waals surface area contributed by atoms with Gasteiger partial charge in [0.1, 0.15) is 12.2 Å². The van der Waals surface area contributed by atoms with Crippen molar-refractivity contribution in [2.75, 3.05) is 34.3 Å². The number of hydrogen-bond donors (Lipinski definition) is 6. The maximum Gasteiger partial charge on any atom is 0.338 e. The second kappa shape index (κ2) is 22.4. The van der Waals surface area contributed by atoms with E-state index in [2.05, 4.69) is 0 Å². The van der Waals surface area contributed by atoms with Gasteiger partial charge in [0.15, 0.2) is 29.4 Å². The Labute approximate surface area is 425 Å². The minimum atomic E-state index is -2.11. The van der Waals surface area contributed by atoms with E-state index in [1.165, 1.54) is 19.1 Å². The summed E-state index contributed by atoms with van der Waals surface area (Å²) in [6, 6.07) is -0.943. The zero-order chi connectivity index (χ0) is 53.6. The topological polar surface area (TPSA) is 242 Å². The number of esters is 3. The van der Waals surface area contributed by atoms with Crippen molar-refractivity contribution in [2.24, 2.45) is 40.4 Å². The molecule has 6 rings (SSSR count). The summed E-state index contributed by atoms with van der Waals surface area (Å²) in [4.78, 5) is 57.4. The van der Waals surface area contributed by atoms with Crippen molar-refractivity contribution in [1.29, 1.82) is 0 Å². The van der Waals surface area contributed by atoms with E-state index in [1.807, 2.05) is 30.8 Å². The molecule has 2 aliphatic heterocycles. The number of carbonyl (C=O) groups excluding carboxylic acids is 4. The number of fused-ring (bicyclic) bond motifs is 5. The third-order valence-corrected chi connectivity index (χ3v) is 18.6. The minimum Gasteiger partial charge on any atom is -0.464 e. The predicted octanol–water partition coefficient (Wildman–Crippen LogP) is 3.95. The molecule has 4 aliphatic carbocycles. The summed E-state index contributed by atoms with van der Waals surface area (Å²) in [5, 5.41) is 70.3. The molecule has 0 aromatic rings. The van der Waals surface area contributed by atoms with Crippen LogP contribution in [-0.4, -0.2) is 183 Å². The molecule has 410 valence electrons. The quantitative estimate of drug-likeness (QED) is 0.0975. The molecule has 5 fully saturated rings. The van der Waals surface area contributed by atoms with Gasteiger partial charge in [-0.05, 0) is 151 Å². The Morgan fingerprint density at radius 2 is 1.64 bits per heavy atom. The number of cyclic esters (lactones) is 1. The highest BCUT2D eigenvalue weighted by Crippen LogP contribution is 2.70. The van der Waals surface area contributed by atoms with E-state index in [0.717, 1.165) is 0 Å². The molecule has 0 aromatic heterocycles. The zero-order valence-corrected chi connectivity index (χ0v) is 44.8. The fraction of sp³-hybridized carbons (Fsp3) is 0.852. The highest BCUT2D eigenvalue weighted by atomic mass is 19.1. The van der Waals surface area contributed by atoms with Crippen LogP contribution in [0.4, 0.5) is 4.39 Å². The molecule has 0 aromatic carbocycles. The van der Waals surface area contributed by atoms with Gasteiger partial charge >= 0.3 is 17.9 Å². The molecule has 2 saturated heterocycles. The summed E-state index contributed by atoms with van der Waals surface area (Å²) in [5.74, 6) is -6.26. The first kappa shape index (κ1) is 58.4. The van der Waals surface area contributed by atoms with Gasteiger partial charge in [-0.2, -0.15) is 0 Å². The largest absolute Gasteiger partial charge is 0.464 e. The molecular formula is C54H87FN2O15. The van der Waals surface area contributed by atoms with Crippen molar-refractivity contribution in [3.05, 3.63) is 23.8 Å². The fourth-order valence-corrected chi connectivity index (χ4v) is 13.8. The number of halogens is 1. The molecule has 0 bridgehead atoms. The molecule has 2 unspecified atom stereocenters. The van der Waals surface area contributed by atoms with Gasteiger partial charge in [0, 0.05) is 35.1 Å². The SMILES string of the molecule is CC[C@H]1OC(=O)[C@H](C)[C@@H](O)[C@H](C)[C@@H](O[C@@H]2O[C@H](C)C[C@@H](N(C)C)[C@H]2OC(=O)CCCCOC(=O)[C@@]2(O)[C@H](C)CC3C4CCC5=CC(=O)C=C[C@]5(C)[C@@]4(F)[C@@H](O)C[C@@]32C)[C@](C)(O)CCCN(C)[C@H](C)[C@@H](O)[C@@H]1O. The van der Waals surface area contributed by atoms with Gasteiger partial charge < -0.3 is 64.1 Å². The Morgan fingerprint density at radius 1 is 0.958 bits per heavy atom. The lowest BCUT2D eigenvalue weighted by atomic mass is 9.45. The fourth-order valence-electron chi connectivity index (χ4n) is 13.8. The first-order valence-electron chi connectivity index (χ1n) is 26.6. The number of aliphatic hydroxyl groups is 6. The highest BCUT2D eigenvalue weighted by Gasteiger charge is 2.76. The molecule has 0 amide bonds. The number of ether oxygens (including phenoxy) is 5. The van der Waals surface area contributed by atoms with E-state index >= 15 is 4.39 Å². The predicted molar refractivity (Wildman–Crippen MR) is 262 cm³/mol. The van der Waals surface area contributed by atoms with Crippen molar-refractivity contribution in [1.82, 2.24) is 9.80 Å². The monoisotopic (exact) mass is 1020 g/mol. The maximum absolute atomic E-state index is 17.7. The number of alkyl halides is 1. The van der Waals surface area contributed by atoms with E-state index < -0.39 is 136 Å². The molecule has 17 nitrogen and oxygen atoms in total. The molecule has 0 spiro atoms. The van der Waals surface area contributed by atoms with Crippen LogP contribution in [0.2, 0.25) is 0 Å². The third kappa shape index (κ3) is 10.6. The lowest BCUT2D eigenvalue weighted by Crippen LogP contribution is -2.69. The van der Waals surface area contributed by atoms with E-state index in [-0.39, 0.29) is 57.0 Å². The number of aliphatic hydroxyl groups excluding tert-OH is 4. The summed E-state index contributed by atoms with van der Waals surface area (Å²) in [7, 11) is 5.47. The molecule has 0 radical (unpaired) electrons. The van der Waals surface area contributed by atoms with Gasteiger partial charge in [0.05, 0.1) is 54.7 Å². The molecule has 6 aliphatic rings. The lowest BCUT2D eigenvalue weighted by Gasteiger charge is -2.62. The number of ketones is 1. The summed E-state index contributed by atoms with van der Waals surface area (Å²) < 4.78 is 48.4. The van der Waals surface area contributed by atoms with Crippen LogP contribution in [0, 0.1) is 40.4 Å². The van der Waals surface area contributed by atoms with Gasteiger partial charge in [0.2, 0.25) is 0 Å². The Bertz CT molecular complexity index is 2020. The standard InChI is InChI=1S/C54H87FN2O15/c1-13-39-44(63)43(62)33(6)57(12)23-16-21-52(9,66)46(31(4)42(61)32(5)47(64)70-39)72-48-45(38(56(10)11)26-30(3)69-48)71-41(60)17-14-15-24-68-49(65)54(67)29(2)25-37-36-19-18-34-27-35(58)20-22-50(34,7)53(36,55)40(59)28-51(37,54)8/h20,22,27,29-33,36-40,42-46,48,59,61-63,66-67H,13-19,21,23-26,28H2,1-12H3/t29-,30-,31+,32-,33-,36?,37?,38-,39-,40+,42+,43-,44-,45-,46-,48+,50+,51+,52-,53+,54+/m1/s1. The van der Waals surface area contributed by atoms with Crippen LogP contribution in [0.5, 0.6) is 0 Å². The molecule has 21 atom stereocenters. The molecule has 6 N–H and O–H groups in total. The van der Waals surface area contributed by atoms with Crippen LogP contribution in [-0.2, 0) is 42.9 Å². The highest BCUT2D eigenvalue weighted by molar-refractivity contribution is 6.01. The average Bonchev–Trinajstić information content (AvgIpc) is 3.52. The van der Waals surface area contributed by atoms with Gasteiger partial charge in [-0.1, -0.05) is 39.3 Å². The van der Waals surface area contributed by atoms with Crippen LogP contribution in [0.3, 0.4) is 0 Å². The molecular weight excluding hydrogens is 936 g/mol. The smallest absolute Gasteiger partial charge is 0.338 e. The first-order valence-corrected chi connectivity index (χ1v) is 26.6. The van der Waals surface area contributed by atoms with Gasteiger partial charge in [-0.25, -0.2) is 9.18 Å². The second-order valence-electron chi connectivity index (χ2n) is 23.5. The number of likely N-dealkylation sites (N-methyl/N-ethyl adjacent to an activating group) is 2. The number of rotatable bonds is 11. The number of carbonyl (C=O) groups is 4. The molecule has 3 saturated carbocycles. The lowest BCUT2D eigenvalue weighted by molar-refractivity contribution is -0.301. The van der Waals surface area contributed by atoms with E-state index in [1.54, 1.807) is 61.6 Å². The third-order valence-electron chi connectivity index (χ3n) is 18.6.